The van der Waals surface area contributed by atoms with Crippen molar-refractivity contribution in [3.63, 3.8) is 0 Å². The van der Waals surface area contributed by atoms with Crippen LogP contribution in [0.1, 0.15) is 6.92 Å². The molecule has 23 heavy (non-hydrogen) atoms. The third kappa shape index (κ3) is 2.61. The maximum atomic E-state index is 12.9. The molecule has 1 aromatic heterocycles. The van der Waals surface area contributed by atoms with Crippen molar-refractivity contribution in [2.75, 3.05) is 6.54 Å². The molecule has 3 rings (SSSR count). The lowest BCUT2D eigenvalue weighted by Crippen LogP contribution is -2.31. The molecule has 0 aliphatic heterocycles. The fourth-order valence-corrected chi connectivity index (χ4v) is 2.72. The minimum atomic E-state index is -0.342. The SMILES string of the molecule is CCNC(=O)Cn1c(=O)c2ccccc2c(=O)c2ccccc21. The van der Waals surface area contributed by atoms with Crippen LogP contribution < -0.4 is 16.3 Å². The van der Waals surface area contributed by atoms with Crippen molar-refractivity contribution < 1.29 is 4.79 Å². The fraction of sp³-hybridized carbons (Fsp3) is 0.167. The Bertz CT molecular complexity index is 1020. The average Bonchev–Trinajstić information content (AvgIpc) is 2.66. The molecule has 116 valence electrons. The second-order valence-electron chi connectivity index (χ2n) is 5.24. The zero-order valence-electron chi connectivity index (χ0n) is 12.7. The van der Waals surface area contributed by atoms with E-state index < -0.39 is 0 Å². The van der Waals surface area contributed by atoms with Crippen LogP contribution in [0.25, 0.3) is 21.7 Å². The largest absolute Gasteiger partial charge is 0.355 e. The topological polar surface area (TPSA) is 68.2 Å². The van der Waals surface area contributed by atoms with Crippen molar-refractivity contribution in [3.8, 4) is 0 Å². The first-order valence-electron chi connectivity index (χ1n) is 7.44. The Morgan fingerprint density at radius 3 is 2.26 bits per heavy atom. The van der Waals surface area contributed by atoms with Crippen molar-refractivity contribution in [2.24, 2.45) is 0 Å². The predicted octanol–water partition coefficient (Wildman–Crippen LogP) is 1.65. The van der Waals surface area contributed by atoms with Gasteiger partial charge in [-0.15, -0.1) is 0 Å². The zero-order chi connectivity index (χ0) is 16.4. The number of carbonyl (C=O) groups excluding carboxylic acids is 1. The van der Waals surface area contributed by atoms with Crippen LogP contribution >= 0.6 is 0 Å². The minimum Gasteiger partial charge on any atom is -0.355 e. The number of hydrogen-bond acceptors (Lipinski definition) is 3. The standard InChI is InChI=1S/C18H16N2O3/c1-2-19-16(21)11-20-15-10-6-5-9-14(15)17(22)12-7-3-4-8-13(12)18(20)23/h3-10H,2,11H2,1H3,(H,19,21). The number of amides is 1. The third-order valence-corrected chi connectivity index (χ3v) is 3.76. The number of para-hydroxylation sites is 1. The van der Waals surface area contributed by atoms with Crippen LogP contribution in [0.3, 0.4) is 0 Å². The number of nitrogens with zero attached hydrogens (tertiary/aromatic N) is 1. The molecule has 0 fully saturated rings. The smallest absolute Gasteiger partial charge is 0.259 e. The van der Waals surface area contributed by atoms with Gasteiger partial charge >= 0.3 is 0 Å². The molecule has 0 spiro atoms. The molecule has 0 bridgehead atoms. The summed E-state index contributed by atoms with van der Waals surface area (Å²) in [6.45, 7) is 2.18. The molecule has 0 saturated heterocycles. The number of nitrogens with one attached hydrogen (secondary N) is 1. The van der Waals surface area contributed by atoms with Crippen LogP contribution in [0, 0.1) is 0 Å². The number of likely N-dealkylation sites (N-methyl/N-ethyl adjacent to an activating group) is 1. The number of carbonyl (C=O) groups is 1. The summed E-state index contributed by atoms with van der Waals surface area (Å²) in [7, 11) is 0. The van der Waals surface area contributed by atoms with E-state index in [9.17, 15) is 14.4 Å². The van der Waals surface area contributed by atoms with Crippen molar-refractivity contribution >= 4 is 27.6 Å². The highest BCUT2D eigenvalue weighted by Gasteiger charge is 2.12. The summed E-state index contributed by atoms with van der Waals surface area (Å²) in [5, 5.41) is 3.79. The number of aromatic nitrogens is 1. The van der Waals surface area contributed by atoms with Gasteiger partial charge in [-0.2, -0.15) is 0 Å². The Labute approximate surface area is 132 Å². The summed E-state index contributed by atoms with van der Waals surface area (Å²) < 4.78 is 1.37. The van der Waals surface area contributed by atoms with E-state index in [0.717, 1.165) is 0 Å². The van der Waals surface area contributed by atoms with Crippen LogP contribution in [0.2, 0.25) is 0 Å². The van der Waals surface area contributed by atoms with Gasteiger partial charge in [0.1, 0.15) is 6.54 Å². The second kappa shape index (κ2) is 6.04. The Balaban J connectivity index is 2.48. The molecule has 0 aliphatic rings. The number of hydrogen-bond donors (Lipinski definition) is 1. The van der Waals surface area contributed by atoms with Crippen LogP contribution in [-0.2, 0) is 11.3 Å². The monoisotopic (exact) mass is 308 g/mol. The maximum absolute atomic E-state index is 12.9. The highest BCUT2D eigenvalue weighted by Crippen LogP contribution is 2.12. The fourth-order valence-electron chi connectivity index (χ4n) is 2.72. The van der Waals surface area contributed by atoms with E-state index in [2.05, 4.69) is 5.32 Å². The van der Waals surface area contributed by atoms with Gasteiger partial charge in [0, 0.05) is 17.3 Å². The first-order valence-corrected chi connectivity index (χ1v) is 7.44. The maximum Gasteiger partial charge on any atom is 0.259 e. The van der Waals surface area contributed by atoms with Crippen LogP contribution in [0.4, 0.5) is 0 Å². The van der Waals surface area contributed by atoms with E-state index in [-0.39, 0.29) is 23.4 Å². The highest BCUT2D eigenvalue weighted by molar-refractivity contribution is 5.91. The van der Waals surface area contributed by atoms with Gasteiger partial charge in [-0.1, -0.05) is 30.3 Å². The Hall–Kier alpha value is -2.95. The molecule has 0 saturated carbocycles. The van der Waals surface area contributed by atoms with Gasteiger partial charge in [0.25, 0.3) is 5.56 Å². The summed E-state index contributed by atoms with van der Waals surface area (Å²) in [4.78, 5) is 37.6. The molecular formula is C18H16N2O3. The van der Waals surface area contributed by atoms with Crippen molar-refractivity contribution in [1.82, 2.24) is 9.88 Å². The molecule has 0 atom stereocenters. The summed E-state index contributed by atoms with van der Waals surface area (Å²) in [5.74, 6) is -0.262. The normalized spacial score (nSPS) is 10.8. The molecule has 2 aromatic carbocycles. The predicted molar refractivity (Wildman–Crippen MR) is 90.7 cm³/mol. The molecule has 1 heterocycles. The van der Waals surface area contributed by atoms with Gasteiger partial charge in [0.15, 0.2) is 5.43 Å². The van der Waals surface area contributed by atoms with Gasteiger partial charge < -0.3 is 5.32 Å². The van der Waals surface area contributed by atoms with Crippen LogP contribution in [-0.4, -0.2) is 17.0 Å². The van der Waals surface area contributed by atoms with Crippen LogP contribution in [0.15, 0.2) is 58.1 Å². The van der Waals surface area contributed by atoms with E-state index >= 15 is 0 Å². The lowest BCUT2D eigenvalue weighted by atomic mass is 10.1. The van der Waals surface area contributed by atoms with E-state index in [0.29, 0.717) is 28.2 Å². The summed E-state index contributed by atoms with van der Waals surface area (Å²) in [6.07, 6.45) is 0. The minimum absolute atomic E-state index is 0.120. The highest BCUT2D eigenvalue weighted by atomic mass is 16.2. The first-order chi connectivity index (χ1) is 11.1. The number of fused-ring (bicyclic) bond motifs is 2. The van der Waals surface area contributed by atoms with Gasteiger partial charge in [-0.25, -0.2) is 0 Å². The Morgan fingerprint density at radius 2 is 1.57 bits per heavy atom. The summed E-state index contributed by atoms with van der Waals surface area (Å²) in [6, 6.07) is 13.6. The Kier molecular flexibility index (Phi) is 3.93. The van der Waals surface area contributed by atoms with Crippen LogP contribution in [0.5, 0.6) is 0 Å². The van der Waals surface area contributed by atoms with Crippen molar-refractivity contribution in [3.05, 3.63) is 69.1 Å². The lowest BCUT2D eigenvalue weighted by molar-refractivity contribution is -0.121. The lowest BCUT2D eigenvalue weighted by Gasteiger charge is -2.07. The summed E-state index contributed by atoms with van der Waals surface area (Å²) >= 11 is 0. The molecule has 3 aromatic rings. The molecule has 5 nitrogen and oxygen atoms in total. The van der Waals surface area contributed by atoms with E-state index in [1.165, 1.54) is 4.57 Å². The van der Waals surface area contributed by atoms with E-state index in [1.54, 1.807) is 48.5 Å². The molecule has 0 radical (unpaired) electrons. The summed E-state index contributed by atoms with van der Waals surface area (Å²) in [5.41, 5.74) is -0.0851. The molecular weight excluding hydrogens is 292 g/mol. The quantitative estimate of drug-likeness (QED) is 0.800. The number of rotatable bonds is 3. The van der Waals surface area contributed by atoms with Gasteiger partial charge in [-0.3, -0.25) is 19.0 Å². The van der Waals surface area contributed by atoms with Crippen molar-refractivity contribution in [2.45, 2.75) is 13.5 Å². The average molecular weight is 308 g/mol. The molecule has 5 heteroatoms. The van der Waals surface area contributed by atoms with E-state index in [4.69, 9.17) is 0 Å². The molecule has 0 unspecified atom stereocenters. The van der Waals surface area contributed by atoms with Gasteiger partial charge in [-0.05, 0) is 25.1 Å². The third-order valence-electron chi connectivity index (χ3n) is 3.76. The second-order valence-corrected chi connectivity index (χ2v) is 5.24. The van der Waals surface area contributed by atoms with Crippen molar-refractivity contribution in [1.29, 1.82) is 0 Å². The molecule has 0 aliphatic carbocycles. The van der Waals surface area contributed by atoms with Gasteiger partial charge in [0.2, 0.25) is 5.91 Å². The van der Waals surface area contributed by atoms with E-state index in [1.807, 2.05) is 6.92 Å². The number of benzene rings is 2. The zero-order valence-corrected chi connectivity index (χ0v) is 12.7. The Morgan fingerprint density at radius 1 is 0.957 bits per heavy atom. The molecule has 1 N–H and O–H groups in total. The first kappa shape index (κ1) is 15.0. The molecule has 1 amide bonds. The van der Waals surface area contributed by atoms with Gasteiger partial charge in [0.05, 0.1) is 10.9 Å².